The van der Waals surface area contributed by atoms with Gasteiger partial charge < -0.3 is 14.7 Å². The van der Waals surface area contributed by atoms with Crippen LogP contribution in [0.25, 0.3) is 0 Å². The lowest BCUT2D eigenvalue weighted by atomic mass is 9.80. The third kappa shape index (κ3) is 2.88. The molecule has 3 amide bonds. The summed E-state index contributed by atoms with van der Waals surface area (Å²) in [5.74, 6) is -0.0546. The van der Waals surface area contributed by atoms with Crippen molar-refractivity contribution < 1.29 is 14.4 Å². The Balaban J connectivity index is 1.86. The molecule has 0 unspecified atom stereocenters. The Morgan fingerprint density at radius 1 is 1.16 bits per heavy atom. The number of hydrogen-bond acceptors (Lipinski definition) is 4. The number of hydrogen-bond donors (Lipinski definition) is 0. The van der Waals surface area contributed by atoms with Gasteiger partial charge in [0, 0.05) is 70.6 Å². The molecule has 0 aromatic carbocycles. The van der Waals surface area contributed by atoms with Gasteiger partial charge in [0.05, 0.1) is 5.41 Å². The minimum absolute atomic E-state index is 0.00562. The molecule has 7 nitrogen and oxygen atoms in total. The molecule has 0 radical (unpaired) electrons. The van der Waals surface area contributed by atoms with Crippen molar-refractivity contribution in [3.63, 3.8) is 0 Å². The zero-order valence-corrected chi connectivity index (χ0v) is 14.9. The maximum Gasteiger partial charge on any atom is 0.254 e. The first-order valence-electron chi connectivity index (χ1n) is 8.58. The quantitative estimate of drug-likeness (QED) is 0.799. The summed E-state index contributed by atoms with van der Waals surface area (Å²) in [6.45, 7) is 3.60. The summed E-state index contributed by atoms with van der Waals surface area (Å²) in [5, 5.41) is 0. The van der Waals surface area contributed by atoms with Gasteiger partial charge in [0.2, 0.25) is 11.8 Å². The normalized spacial score (nSPS) is 25.0. The maximum atomic E-state index is 12.9. The predicted octanol–water partition coefficient (Wildman–Crippen LogP) is 0.480. The SMILES string of the molecule is CCC(=O)N1C[C@@H]2CN(C(=O)c3ccncc3)C[C@]2(C(=O)N(C)C)C1. The fourth-order valence-electron chi connectivity index (χ4n) is 4.06. The summed E-state index contributed by atoms with van der Waals surface area (Å²) in [4.78, 5) is 46.9. The molecule has 3 rings (SSSR count). The van der Waals surface area contributed by atoms with Crippen molar-refractivity contribution in [1.82, 2.24) is 19.7 Å². The predicted molar refractivity (Wildman–Crippen MR) is 91.6 cm³/mol. The van der Waals surface area contributed by atoms with Gasteiger partial charge in [-0.25, -0.2) is 0 Å². The van der Waals surface area contributed by atoms with E-state index in [1.165, 1.54) is 0 Å². The monoisotopic (exact) mass is 344 g/mol. The van der Waals surface area contributed by atoms with Crippen LogP contribution in [0.15, 0.2) is 24.5 Å². The van der Waals surface area contributed by atoms with Crippen molar-refractivity contribution in [2.75, 3.05) is 40.3 Å². The number of rotatable bonds is 3. The van der Waals surface area contributed by atoms with Crippen LogP contribution in [0, 0.1) is 11.3 Å². The molecule has 2 atom stereocenters. The fraction of sp³-hybridized carbons (Fsp3) is 0.556. The third-order valence-electron chi connectivity index (χ3n) is 5.31. The lowest BCUT2D eigenvalue weighted by molar-refractivity contribution is -0.140. The Morgan fingerprint density at radius 3 is 2.36 bits per heavy atom. The summed E-state index contributed by atoms with van der Waals surface area (Å²) in [7, 11) is 3.46. The number of fused-ring (bicyclic) bond motifs is 1. The van der Waals surface area contributed by atoms with E-state index in [-0.39, 0.29) is 23.6 Å². The zero-order valence-electron chi connectivity index (χ0n) is 14.9. The van der Waals surface area contributed by atoms with E-state index in [1.54, 1.807) is 53.3 Å². The Morgan fingerprint density at radius 2 is 1.76 bits per heavy atom. The Labute approximate surface area is 147 Å². The van der Waals surface area contributed by atoms with Crippen molar-refractivity contribution >= 4 is 17.7 Å². The van der Waals surface area contributed by atoms with Crippen molar-refractivity contribution in [1.29, 1.82) is 0 Å². The summed E-state index contributed by atoms with van der Waals surface area (Å²) < 4.78 is 0. The van der Waals surface area contributed by atoms with Gasteiger partial charge in [-0.2, -0.15) is 0 Å². The molecule has 2 fully saturated rings. The molecule has 134 valence electrons. The van der Waals surface area contributed by atoms with E-state index in [9.17, 15) is 14.4 Å². The van der Waals surface area contributed by atoms with Crippen LogP contribution in [0.3, 0.4) is 0 Å². The summed E-state index contributed by atoms with van der Waals surface area (Å²) >= 11 is 0. The van der Waals surface area contributed by atoms with Gasteiger partial charge in [-0.05, 0) is 12.1 Å². The van der Waals surface area contributed by atoms with Crippen LogP contribution in [0.4, 0.5) is 0 Å². The third-order valence-corrected chi connectivity index (χ3v) is 5.31. The second-order valence-electron chi connectivity index (χ2n) is 7.10. The Kier molecular flexibility index (Phi) is 4.49. The molecule has 3 heterocycles. The van der Waals surface area contributed by atoms with Gasteiger partial charge in [-0.1, -0.05) is 6.92 Å². The highest BCUT2D eigenvalue weighted by molar-refractivity contribution is 5.95. The summed E-state index contributed by atoms with van der Waals surface area (Å²) in [5.41, 5.74) is -0.124. The van der Waals surface area contributed by atoms with E-state index in [2.05, 4.69) is 4.98 Å². The number of nitrogens with zero attached hydrogens (tertiary/aromatic N) is 4. The Bertz CT molecular complexity index is 691. The van der Waals surface area contributed by atoms with Gasteiger partial charge in [0.15, 0.2) is 0 Å². The smallest absolute Gasteiger partial charge is 0.254 e. The molecule has 0 bridgehead atoms. The molecule has 1 aromatic rings. The molecule has 0 saturated carbocycles. The minimum atomic E-state index is -0.697. The topological polar surface area (TPSA) is 73.8 Å². The first kappa shape index (κ1) is 17.4. The van der Waals surface area contributed by atoms with E-state index in [0.29, 0.717) is 38.2 Å². The van der Waals surface area contributed by atoms with Crippen LogP contribution in [0.1, 0.15) is 23.7 Å². The van der Waals surface area contributed by atoms with E-state index >= 15 is 0 Å². The summed E-state index contributed by atoms with van der Waals surface area (Å²) in [6.07, 6.45) is 3.61. The van der Waals surface area contributed by atoms with Crippen molar-refractivity contribution in [2.24, 2.45) is 11.3 Å². The van der Waals surface area contributed by atoms with E-state index in [4.69, 9.17) is 0 Å². The zero-order chi connectivity index (χ0) is 18.2. The fourth-order valence-corrected chi connectivity index (χ4v) is 4.06. The van der Waals surface area contributed by atoms with Crippen molar-refractivity contribution in [3.05, 3.63) is 30.1 Å². The van der Waals surface area contributed by atoms with Crippen LogP contribution < -0.4 is 0 Å². The molecule has 0 spiro atoms. The number of carbonyl (C=O) groups is 3. The van der Waals surface area contributed by atoms with Crippen molar-refractivity contribution in [3.8, 4) is 0 Å². The van der Waals surface area contributed by atoms with Crippen molar-refractivity contribution in [2.45, 2.75) is 13.3 Å². The van der Waals surface area contributed by atoms with Crippen LogP contribution >= 0.6 is 0 Å². The number of pyridine rings is 1. The first-order valence-corrected chi connectivity index (χ1v) is 8.58. The number of amides is 3. The highest BCUT2D eigenvalue weighted by Crippen LogP contribution is 2.44. The molecule has 1 aromatic heterocycles. The van der Waals surface area contributed by atoms with Gasteiger partial charge in [0.25, 0.3) is 5.91 Å². The second-order valence-corrected chi connectivity index (χ2v) is 7.10. The van der Waals surface area contributed by atoms with Crippen LogP contribution in [0.2, 0.25) is 0 Å². The van der Waals surface area contributed by atoms with Gasteiger partial charge >= 0.3 is 0 Å². The molecule has 7 heteroatoms. The molecule has 25 heavy (non-hydrogen) atoms. The molecule has 2 aliphatic heterocycles. The molecule has 2 saturated heterocycles. The van der Waals surface area contributed by atoms with Crippen LogP contribution in [-0.2, 0) is 9.59 Å². The summed E-state index contributed by atoms with van der Waals surface area (Å²) in [6, 6.07) is 3.37. The molecule has 0 N–H and O–H groups in total. The van der Waals surface area contributed by atoms with Crippen LogP contribution in [0.5, 0.6) is 0 Å². The standard InChI is InChI=1S/C18H24N4O3/c1-4-15(23)21-9-14-10-22(16(24)13-5-7-19-8-6-13)12-18(14,11-21)17(25)20(2)3/h5-8,14H,4,9-12H2,1-3H3/t14-,18-/m1/s1. The highest BCUT2D eigenvalue weighted by Gasteiger charge is 2.59. The lowest BCUT2D eigenvalue weighted by Crippen LogP contribution is -2.48. The molecule has 2 aliphatic rings. The Hall–Kier alpha value is -2.44. The van der Waals surface area contributed by atoms with Gasteiger partial charge in [-0.3, -0.25) is 19.4 Å². The van der Waals surface area contributed by atoms with Gasteiger partial charge in [-0.15, -0.1) is 0 Å². The molecule has 0 aliphatic carbocycles. The number of likely N-dealkylation sites (tertiary alicyclic amines) is 2. The van der Waals surface area contributed by atoms with Gasteiger partial charge in [0.1, 0.15) is 0 Å². The first-order chi connectivity index (χ1) is 11.9. The van der Waals surface area contributed by atoms with E-state index < -0.39 is 5.41 Å². The number of aromatic nitrogens is 1. The minimum Gasteiger partial charge on any atom is -0.348 e. The van der Waals surface area contributed by atoms with E-state index in [1.807, 2.05) is 6.92 Å². The average molecular weight is 344 g/mol. The number of carbonyl (C=O) groups excluding carboxylic acids is 3. The highest BCUT2D eigenvalue weighted by atomic mass is 16.2. The average Bonchev–Trinajstić information content (AvgIpc) is 3.15. The van der Waals surface area contributed by atoms with Crippen LogP contribution in [-0.4, -0.2) is 77.7 Å². The lowest BCUT2D eigenvalue weighted by Gasteiger charge is -2.30. The molecular formula is C18H24N4O3. The van der Waals surface area contributed by atoms with E-state index in [0.717, 1.165) is 0 Å². The molecular weight excluding hydrogens is 320 g/mol. The maximum absolute atomic E-state index is 12.9. The largest absolute Gasteiger partial charge is 0.348 e. The second kappa shape index (κ2) is 6.46.